The molecule has 0 radical (unpaired) electrons. The molecule has 3 aromatic rings. The molecule has 2 fully saturated rings. The van der Waals surface area contributed by atoms with Gasteiger partial charge in [0, 0.05) is 29.4 Å². The van der Waals surface area contributed by atoms with Crippen molar-refractivity contribution >= 4 is 11.7 Å². The van der Waals surface area contributed by atoms with Crippen molar-refractivity contribution in [3.8, 4) is 5.69 Å². The summed E-state index contributed by atoms with van der Waals surface area (Å²) in [6, 6.07) is 6.09. The number of imidazole rings is 1. The number of hydrogen-bond acceptors (Lipinski definition) is 5. The summed E-state index contributed by atoms with van der Waals surface area (Å²) in [6.07, 6.45) is 14.1. The zero-order chi connectivity index (χ0) is 22.9. The van der Waals surface area contributed by atoms with Crippen LogP contribution in [0.5, 0.6) is 0 Å². The quantitative estimate of drug-likeness (QED) is 0.431. The minimum atomic E-state index is -0.223. The van der Waals surface area contributed by atoms with E-state index in [1.165, 1.54) is 12.8 Å². The number of amides is 1. The molecule has 1 N–H and O–H groups in total. The molecule has 0 spiro atoms. The molecule has 2 aliphatic carbocycles. The maximum atomic E-state index is 13.2. The van der Waals surface area contributed by atoms with E-state index in [-0.39, 0.29) is 11.9 Å². The number of aromatic nitrogens is 5. The highest BCUT2D eigenvalue weighted by Gasteiger charge is 2.28. The second-order valence-electron chi connectivity index (χ2n) is 9.01. The lowest BCUT2D eigenvalue weighted by Crippen LogP contribution is -2.30. The van der Waals surface area contributed by atoms with E-state index in [0.717, 1.165) is 35.6 Å². The SMILES string of the molecule is C/C=C\C(=NC(C)c1nncn1C1CC1)NC(=O)c1cc(C)cc(-n2cnc(C3CC3)c2)c1. The standard InChI is InChI=1S/C25H29N7O/c1-4-5-23(28-17(3)24-30-27-15-32(24)20-8-9-20)29-25(33)19-10-16(2)11-21(12-19)31-13-22(26-14-31)18-6-7-18/h4-5,10-15,17-18,20H,6-9H2,1-3H3,(H,28,29,33)/b5-4-. The van der Waals surface area contributed by atoms with Crippen LogP contribution >= 0.6 is 0 Å². The van der Waals surface area contributed by atoms with Gasteiger partial charge in [-0.15, -0.1) is 10.2 Å². The molecular formula is C25H29N7O. The average molecular weight is 444 g/mol. The monoisotopic (exact) mass is 443 g/mol. The van der Waals surface area contributed by atoms with E-state index >= 15 is 0 Å². The third-order valence-electron chi connectivity index (χ3n) is 6.03. The maximum Gasteiger partial charge on any atom is 0.256 e. The third kappa shape index (κ3) is 4.79. The number of nitrogens with zero attached hydrogens (tertiary/aromatic N) is 6. The number of rotatable bonds is 7. The van der Waals surface area contributed by atoms with Crippen molar-refractivity contribution in [2.45, 2.75) is 64.5 Å². The number of aliphatic imine (C=N–C) groups is 1. The van der Waals surface area contributed by atoms with Gasteiger partial charge in [0.05, 0.1) is 12.0 Å². The van der Waals surface area contributed by atoms with Crippen molar-refractivity contribution in [2.24, 2.45) is 4.99 Å². The van der Waals surface area contributed by atoms with Crippen LogP contribution in [0.3, 0.4) is 0 Å². The lowest BCUT2D eigenvalue weighted by molar-refractivity contribution is 0.0977. The topological polar surface area (TPSA) is 90.0 Å². The zero-order valence-electron chi connectivity index (χ0n) is 19.3. The van der Waals surface area contributed by atoms with E-state index in [2.05, 4.69) is 37.3 Å². The first-order valence-corrected chi connectivity index (χ1v) is 11.6. The molecule has 33 heavy (non-hydrogen) atoms. The summed E-state index contributed by atoms with van der Waals surface area (Å²) >= 11 is 0. The Kier molecular flexibility index (Phi) is 5.66. The van der Waals surface area contributed by atoms with E-state index < -0.39 is 0 Å². The van der Waals surface area contributed by atoms with Crippen LogP contribution in [-0.4, -0.2) is 36.1 Å². The molecule has 1 atom stereocenters. The van der Waals surface area contributed by atoms with Crippen LogP contribution < -0.4 is 5.32 Å². The molecule has 0 aliphatic heterocycles. The molecule has 2 heterocycles. The van der Waals surface area contributed by atoms with Crippen molar-refractivity contribution in [1.29, 1.82) is 0 Å². The summed E-state index contributed by atoms with van der Waals surface area (Å²) in [6.45, 7) is 5.87. The number of carbonyl (C=O) groups is 1. The molecule has 1 unspecified atom stereocenters. The molecule has 1 amide bonds. The van der Waals surface area contributed by atoms with Crippen molar-refractivity contribution in [3.63, 3.8) is 0 Å². The van der Waals surface area contributed by atoms with Crippen molar-refractivity contribution in [2.75, 3.05) is 0 Å². The summed E-state index contributed by atoms with van der Waals surface area (Å²) in [5.41, 5.74) is 3.64. The number of hydrogen-bond donors (Lipinski definition) is 1. The van der Waals surface area contributed by atoms with Gasteiger partial charge in [-0.2, -0.15) is 0 Å². The fourth-order valence-electron chi connectivity index (χ4n) is 4.03. The van der Waals surface area contributed by atoms with Crippen LogP contribution in [0.2, 0.25) is 0 Å². The summed E-state index contributed by atoms with van der Waals surface area (Å²) in [5.74, 6) is 1.71. The van der Waals surface area contributed by atoms with Gasteiger partial charge in [0.25, 0.3) is 5.91 Å². The Morgan fingerprint density at radius 2 is 2.03 bits per heavy atom. The summed E-state index contributed by atoms with van der Waals surface area (Å²) in [7, 11) is 0. The largest absolute Gasteiger partial charge is 0.313 e. The van der Waals surface area contributed by atoms with Crippen LogP contribution in [-0.2, 0) is 0 Å². The van der Waals surface area contributed by atoms with Crippen LogP contribution in [0, 0.1) is 6.92 Å². The molecule has 2 aliphatic rings. The number of nitrogens with one attached hydrogen (secondary N) is 1. The van der Waals surface area contributed by atoms with E-state index in [9.17, 15) is 4.79 Å². The lowest BCUT2D eigenvalue weighted by Gasteiger charge is -2.12. The first-order chi connectivity index (χ1) is 16.0. The molecule has 8 nitrogen and oxygen atoms in total. The minimum Gasteiger partial charge on any atom is -0.313 e. The highest BCUT2D eigenvalue weighted by atomic mass is 16.1. The van der Waals surface area contributed by atoms with Crippen molar-refractivity contribution in [1.82, 2.24) is 29.6 Å². The van der Waals surface area contributed by atoms with Crippen molar-refractivity contribution < 1.29 is 4.79 Å². The number of benzene rings is 1. The third-order valence-corrected chi connectivity index (χ3v) is 6.03. The Labute approximate surface area is 193 Å². The first-order valence-electron chi connectivity index (χ1n) is 11.6. The lowest BCUT2D eigenvalue weighted by atomic mass is 10.1. The van der Waals surface area contributed by atoms with E-state index in [0.29, 0.717) is 23.4 Å². The maximum absolute atomic E-state index is 13.2. The molecule has 0 bridgehead atoms. The normalized spacial score (nSPS) is 17.5. The molecule has 2 saturated carbocycles. The predicted molar refractivity (Wildman–Crippen MR) is 127 cm³/mol. The molecular weight excluding hydrogens is 414 g/mol. The molecule has 8 heteroatoms. The highest BCUT2D eigenvalue weighted by molar-refractivity contribution is 6.10. The molecule has 1 aromatic carbocycles. The highest BCUT2D eigenvalue weighted by Crippen LogP contribution is 2.39. The van der Waals surface area contributed by atoms with Crippen LogP contribution in [0.15, 0.2) is 54.2 Å². The number of allylic oxidation sites excluding steroid dienone is 1. The van der Waals surface area contributed by atoms with Gasteiger partial charge < -0.3 is 14.5 Å². The Morgan fingerprint density at radius 3 is 2.76 bits per heavy atom. The number of carbonyl (C=O) groups excluding carboxylic acids is 1. The van der Waals surface area contributed by atoms with Gasteiger partial charge in [0.1, 0.15) is 18.2 Å². The first kappa shape index (κ1) is 21.3. The minimum absolute atomic E-state index is 0.199. The van der Waals surface area contributed by atoms with E-state index in [4.69, 9.17) is 4.99 Å². The summed E-state index contributed by atoms with van der Waals surface area (Å²) in [4.78, 5) is 22.4. The molecule has 2 aromatic heterocycles. The van der Waals surface area contributed by atoms with Crippen LogP contribution in [0.1, 0.15) is 85.0 Å². The molecule has 5 rings (SSSR count). The summed E-state index contributed by atoms with van der Waals surface area (Å²) in [5, 5.41) is 11.3. The van der Waals surface area contributed by atoms with E-state index in [1.54, 1.807) is 12.4 Å². The second kappa shape index (κ2) is 8.77. The van der Waals surface area contributed by atoms with Gasteiger partial charge in [-0.25, -0.2) is 4.98 Å². The fraction of sp³-hybridized carbons (Fsp3) is 0.400. The fourth-order valence-corrected chi connectivity index (χ4v) is 4.03. The average Bonchev–Trinajstić information content (AvgIpc) is 3.73. The Hall–Kier alpha value is -3.55. The van der Waals surface area contributed by atoms with Gasteiger partial charge in [-0.05, 0) is 76.3 Å². The number of aryl methyl sites for hydroxylation is 1. The van der Waals surface area contributed by atoms with Crippen LogP contribution in [0.25, 0.3) is 5.69 Å². The van der Waals surface area contributed by atoms with Gasteiger partial charge in [0.2, 0.25) is 0 Å². The van der Waals surface area contributed by atoms with Gasteiger partial charge in [-0.3, -0.25) is 9.79 Å². The Morgan fingerprint density at radius 1 is 1.21 bits per heavy atom. The summed E-state index contributed by atoms with van der Waals surface area (Å²) < 4.78 is 4.09. The smallest absolute Gasteiger partial charge is 0.256 e. The molecule has 170 valence electrons. The van der Waals surface area contributed by atoms with Gasteiger partial charge in [-0.1, -0.05) is 6.08 Å². The Balaban J connectivity index is 1.36. The number of amidine groups is 1. The molecule has 0 saturated heterocycles. The predicted octanol–water partition coefficient (Wildman–Crippen LogP) is 4.45. The van der Waals surface area contributed by atoms with Gasteiger partial charge >= 0.3 is 0 Å². The van der Waals surface area contributed by atoms with Crippen LogP contribution in [0.4, 0.5) is 0 Å². The van der Waals surface area contributed by atoms with E-state index in [1.807, 2.05) is 49.9 Å². The van der Waals surface area contributed by atoms with Crippen molar-refractivity contribution in [3.05, 3.63) is 71.8 Å². The zero-order valence-corrected chi connectivity index (χ0v) is 19.3. The Bertz CT molecular complexity index is 1230. The van der Waals surface area contributed by atoms with Gasteiger partial charge in [0.15, 0.2) is 5.82 Å². The second-order valence-corrected chi connectivity index (χ2v) is 9.01.